The Labute approximate surface area is 122 Å². The first-order chi connectivity index (χ1) is 10.1. The van der Waals surface area contributed by atoms with Crippen LogP contribution in [0.1, 0.15) is 18.5 Å². The van der Waals surface area contributed by atoms with Crippen LogP contribution < -0.4 is 5.32 Å². The predicted molar refractivity (Wildman–Crippen MR) is 83.6 cm³/mol. The number of nitrogens with zero attached hydrogens (tertiary/aromatic N) is 1. The fourth-order valence-corrected chi connectivity index (χ4v) is 2.45. The lowest BCUT2D eigenvalue weighted by molar-refractivity contribution is 0.444. The Morgan fingerprint density at radius 3 is 2.76 bits per heavy atom. The number of rotatable bonds is 3. The third kappa shape index (κ3) is 2.60. The number of phenols is 2. The van der Waals surface area contributed by atoms with Crippen molar-refractivity contribution >= 4 is 16.5 Å². The van der Waals surface area contributed by atoms with Gasteiger partial charge >= 0.3 is 0 Å². The summed E-state index contributed by atoms with van der Waals surface area (Å²) in [6, 6.07) is 12.5. The molecule has 1 heterocycles. The highest BCUT2D eigenvalue weighted by atomic mass is 16.3. The van der Waals surface area contributed by atoms with Gasteiger partial charge in [-0.25, -0.2) is 0 Å². The molecule has 3 aromatic rings. The highest BCUT2D eigenvalue weighted by Crippen LogP contribution is 2.31. The van der Waals surface area contributed by atoms with Gasteiger partial charge in [-0.3, -0.25) is 4.98 Å². The van der Waals surface area contributed by atoms with Crippen LogP contribution in [0.15, 0.2) is 54.9 Å². The zero-order chi connectivity index (χ0) is 14.8. The lowest BCUT2D eigenvalue weighted by Gasteiger charge is -2.18. The molecule has 0 saturated heterocycles. The number of pyridine rings is 1. The number of aromatic nitrogens is 1. The largest absolute Gasteiger partial charge is 0.508 e. The number of fused-ring (bicyclic) bond motifs is 1. The maximum Gasteiger partial charge on any atom is 0.124 e. The van der Waals surface area contributed by atoms with Crippen LogP contribution in [0.4, 0.5) is 5.69 Å². The molecule has 0 spiro atoms. The van der Waals surface area contributed by atoms with Crippen molar-refractivity contribution in [2.75, 3.05) is 5.32 Å². The smallest absolute Gasteiger partial charge is 0.124 e. The molecule has 0 fully saturated rings. The Bertz CT molecular complexity index is 781. The number of phenolic OH excluding ortho intramolecular Hbond substituents is 2. The number of hydrogen-bond donors (Lipinski definition) is 3. The molecule has 4 nitrogen and oxygen atoms in total. The van der Waals surface area contributed by atoms with E-state index in [1.54, 1.807) is 18.3 Å². The van der Waals surface area contributed by atoms with Gasteiger partial charge in [0.05, 0.1) is 6.04 Å². The average molecular weight is 280 g/mol. The summed E-state index contributed by atoms with van der Waals surface area (Å²) in [5.41, 5.74) is 1.69. The second-order valence-corrected chi connectivity index (χ2v) is 5.01. The molecule has 0 aliphatic heterocycles. The van der Waals surface area contributed by atoms with Crippen LogP contribution >= 0.6 is 0 Å². The molecule has 1 unspecified atom stereocenters. The monoisotopic (exact) mass is 280 g/mol. The second-order valence-electron chi connectivity index (χ2n) is 5.01. The fourth-order valence-electron chi connectivity index (χ4n) is 2.45. The van der Waals surface area contributed by atoms with E-state index in [1.807, 2.05) is 37.4 Å². The number of nitrogens with one attached hydrogen (secondary N) is 1. The highest BCUT2D eigenvalue weighted by Gasteiger charge is 2.12. The molecule has 0 saturated carbocycles. The van der Waals surface area contributed by atoms with E-state index in [4.69, 9.17) is 0 Å². The third-order valence-corrected chi connectivity index (χ3v) is 3.54. The molecule has 4 heteroatoms. The Morgan fingerprint density at radius 1 is 1.10 bits per heavy atom. The molecular weight excluding hydrogens is 264 g/mol. The number of hydrogen-bond acceptors (Lipinski definition) is 4. The van der Waals surface area contributed by atoms with Gasteiger partial charge in [-0.05, 0) is 36.6 Å². The Kier molecular flexibility index (Phi) is 3.36. The molecule has 0 radical (unpaired) electrons. The second kappa shape index (κ2) is 5.32. The van der Waals surface area contributed by atoms with Crippen molar-refractivity contribution in [1.29, 1.82) is 0 Å². The van der Waals surface area contributed by atoms with Gasteiger partial charge in [-0.15, -0.1) is 0 Å². The summed E-state index contributed by atoms with van der Waals surface area (Å²) in [6.07, 6.45) is 3.59. The zero-order valence-corrected chi connectivity index (χ0v) is 11.6. The zero-order valence-electron chi connectivity index (χ0n) is 11.6. The van der Waals surface area contributed by atoms with Crippen molar-refractivity contribution in [3.05, 3.63) is 60.4 Å². The van der Waals surface area contributed by atoms with Crippen molar-refractivity contribution in [3.8, 4) is 11.5 Å². The van der Waals surface area contributed by atoms with Gasteiger partial charge in [0.25, 0.3) is 0 Å². The Hall–Kier alpha value is -2.75. The van der Waals surface area contributed by atoms with Gasteiger partial charge in [-0.2, -0.15) is 0 Å². The van der Waals surface area contributed by atoms with Gasteiger partial charge in [0, 0.05) is 35.1 Å². The first-order valence-corrected chi connectivity index (χ1v) is 6.76. The third-order valence-electron chi connectivity index (χ3n) is 3.54. The predicted octanol–water partition coefficient (Wildman–Crippen LogP) is 3.82. The van der Waals surface area contributed by atoms with E-state index in [1.165, 1.54) is 6.07 Å². The van der Waals surface area contributed by atoms with E-state index >= 15 is 0 Å². The SMILES string of the molecule is CC(Nc1cccc2ccncc12)c1ccc(O)cc1O. The standard InChI is InChI=1S/C17H16N2O2/c1-11(14-6-5-13(20)9-17(14)21)19-16-4-2-3-12-7-8-18-10-15(12)16/h2-11,19-21H,1H3. The Morgan fingerprint density at radius 2 is 1.95 bits per heavy atom. The summed E-state index contributed by atoms with van der Waals surface area (Å²) in [5.74, 6) is 0.131. The average Bonchev–Trinajstić information content (AvgIpc) is 2.47. The van der Waals surface area contributed by atoms with Crippen LogP contribution in [-0.2, 0) is 0 Å². The van der Waals surface area contributed by atoms with E-state index in [0.717, 1.165) is 22.0 Å². The van der Waals surface area contributed by atoms with Crippen molar-refractivity contribution < 1.29 is 10.2 Å². The summed E-state index contributed by atoms with van der Waals surface area (Å²) >= 11 is 0. The highest BCUT2D eigenvalue weighted by molar-refractivity contribution is 5.93. The molecule has 0 bridgehead atoms. The number of benzene rings is 2. The molecule has 0 aliphatic rings. The van der Waals surface area contributed by atoms with Gasteiger partial charge in [0.2, 0.25) is 0 Å². The minimum atomic E-state index is -0.101. The van der Waals surface area contributed by atoms with Crippen molar-refractivity contribution in [2.45, 2.75) is 13.0 Å². The summed E-state index contributed by atoms with van der Waals surface area (Å²) in [5, 5.41) is 24.8. The quantitative estimate of drug-likeness (QED) is 0.682. The van der Waals surface area contributed by atoms with E-state index in [0.29, 0.717) is 0 Å². The fraction of sp³-hybridized carbons (Fsp3) is 0.118. The summed E-state index contributed by atoms with van der Waals surface area (Å²) in [7, 11) is 0. The lowest BCUT2D eigenvalue weighted by Crippen LogP contribution is -2.07. The molecule has 0 aliphatic carbocycles. The van der Waals surface area contributed by atoms with Crippen LogP contribution in [0.2, 0.25) is 0 Å². The van der Waals surface area contributed by atoms with Crippen molar-refractivity contribution in [1.82, 2.24) is 4.98 Å². The minimum absolute atomic E-state index is 0.0535. The summed E-state index contributed by atoms with van der Waals surface area (Å²) in [4.78, 5) is 4.16. The van der Waals surface area contributed by atoms with Crippen LogP contribution in [0.5, 0.6) is 11.5 Å². The van der Waals surface area contributed by atoms with Crippen LogP contribution in [-0.4, -0.2) is 15.2 Å². The number of aromatic hydroxyl groups is 2. The van der Waals surface area contributed by atoms with Gasteiger partial charge in [-0.1, -0.05) is 12.1 Å². The molecular formula is C17H16N2O2. The maximum atomic E-state index is 9.94. The molecule has 21 heavy (non-hydrogen) atoms. The van der Waals surface area contributed by atoms with E-state index < -0.39 is 0 Å². The summed E-state index contributed by atoms with van der Waals surface area (Å²) in [6.45, 7) is 1.96. The molecule has 2 aromatic carbocycles. The van der Waals surface area contributed by atoms with E-state index in [-0.39, 0.29) is 17.5 Å². The molecule has 3 N–H and O–H groups in total. The lowest BCUT2D eigenvalue weighted by atomic mass is 10.1. The normalized spacial score (nSPS) is 12.2. The molecule has 1 atom stereocenters. The van der Waals surface area contributed by atoms with Gasteiger partial charge in [0.15, 0.2) is 0 Å². The first-order valence-electron chi connectivity index (χ1n) is 6.76. The van der Waals surface area contributed by atoms with Crippen LogP contribution in [0.25, 0.3) is 10.8 Å². The first kappa shape index (κ1) is 13.2. The minimum Gasteiger partial charge on any atom is -0.508 e. The van der Waals surface area contributed by atoms with Crippen molar-refractivity contribution in [2.24, 2.45) is 0 Å². The molecule has 3 rings (SSSR count). The molecule has 106 valence electrons. The van der Waals surface area contributed by atoms with E-state index in [2.05, 4.69) is 10.3 Å². The van der Waals surface area contributed by atoms with Gasteiger partial charge in [0.1, 0.15) is 11.5 Å². The summed E-state index contributed by atoms with van der Waals surface area (Å²) < 4.78 is 0. The van der Waals surface area contributed by atoms with Crippen LogP contribution in [0.3, 0.4) is 0 Å². The molecule has 0 amide bonds. The van der Waals surface area contributed by atoms with Crippen molar-refractivity contribution in [3.63, 3.8) is 0 Å². The Balaban J connectivity index is 1.94. The topological polar surface area (TPSA) is 65.4 Å². The molecule has 1 aromatic heterocycles. The van der Waals surface area contributed by atoms with Gasteiger partial charge < -0.3 is 15.5 Å². The van der Waals surface area contributed by atoms with Crippen LogP contribution in [0, 0.1) is 0 Å². The maximum absolute atomic E-state index is 9.94. The van der Waals surface area contributed by atoms with E-state index in [9.17, 15) is 10.2 Å². The number of anilines is 1.